The van der Waals surface area contributed by atoms with Crippen LogP contribution >= 0.6 is 15.9 Å². The van der Waals surface area contributed by atoms with E-state index in [1.807, 2.05) is 25.1 Å². The van der Waals surface area contributed by atoms with Crippen LogP contribution < -0.4 is 0 Å². The van der Waals surface area contributed by atoms with Crippen molar-refractivity contribution in [2.24, 2.45) is 0 Å². The summed E-state index contributed by atoms with van der Waals surface area (Å²) in [6, 6.07) is 5.64. The van der Waals surface area contributed by atoms with Crippen molar-refractivity contribution < 1.29 is 9.53 Å². The molecule has 0 atom stereocenters. The Bertz CT molecular complexity index is 321. The largest absolute Gasteiger partial charge is 0.377 e. The van der Waals surface area contributed by atoms with E-state index in [1.165, 1.54) is 7.11 Å². The molecule has 0 bridgehead atoms. The predicted molar refractivity (Wildman–Crippen MR) is 55.1 cm³/mol. The summed E-state index contributed by atoms with van der Waals surface area (Å²) in [5.74, 6) is 0.0151. The minimum atomic E-state index is 0.0151. The Balaban J connectivity index is 2.99. The minimum Gasteiger partial charge on any atom is -0.377 e. The van der Waals surface area contributed by atoms with Crippen LogP contribution in [0.25, 0.3) is 0 Å². The van der Waals surface area contributed by atoms with Crippen molar-refractivity contribution in [1.82, 2.24) is 0 Å². The van der Waals surface area contributed by atoms with E-state index in [0.717, 1.165) is 15.6 Å². The van der Waals surface area contributed by atoms with Crippen LogP contribution in [-0.4, -0.2) is 19.5 Å². The summed E-state index contributed by atoms with van der Waals surface area (Å²) in [5.41, 5.74) is 1.70. The fourth-order valence-corrected chi connectivity index (χ4v) is 1.46. The summed E-state index contributed by atoms with van der Waals surface area (Å²) in [6.07, 6.45) is 0. The van der Waals surface area contributed by atoms with Gasteiger partial charge in [0.15, 0.2) is 5.78 Å². The van der Waals surface area contributed by atoms with Crippen molar-refractivity contribution in [3.8, 4) is 0 Å². The quantitative estimate of drug-likeness (QED) is 0.762. The molecule has 0 saturated heterocycles. The summed E-state index contributed by atoms with van der Waals surface area (Å²) in [4.78, 5) is 11.5. The van der Waals surface area contributed by atoms with Gasteiger partial charge in [-0.2, -0.15) is 0 Å². The molecule has 0 fully saturated rings. The lowest BCUT2D eigenvalue weighted by Crippen LogP contribution is -2.08. The van der Waals surface area contributed by atoms with Crippen LogP contribution in [0.15, 0.2) is 22.7 Å². The highest BCUT2D eigenvalue weighted by molar-refractivity contribution is 9.10. The molecular formula is C10H11BrO2. The molecule has 0 unspecified atom stereocenters. The molecule has 0 aliphatic rings. The SMILES string of the molecule is COCC(=O)c1cc(Br)ccc1C. The summed E-state index contributed by atoms with van der Waals surface area (Å²) < 4.78 is 5.70. The fourth-order valence-electron chi connectivity index (χ4n) is 1.10. The molecule has 0 heterocycles. The second-order valence-corrected chi connectivity index (χ2v) is 3.73. The van der Waals surface area contributed by atoms with E-state index in [-0.39, 0.29) is 12.4 Å². The third-order valence-corrected chi connectivity index (χ3v) is 2.27. The monoisotopic (exact) mass is 242 g/mol. The van der Waals surface area contributed by atoms with E-state index in [4.69, 9.17) is 4.74 Å². The van der Waals surface area contributed by atoms with E-state index in [9.17, 15) is 4.79 Å². The fraction of sp³-hybridized carbons (Fsp3) is 0.300. The van der Waals surface area contributed by atoms with Gasteiger partial charge in [0.05, 0.1) is 0 Å². The van der Waals surface area contributed by atoms with E-state index in [1.54, 1.807) is 0 Å². The Labute approximate surface area is 86.0 Å². The molecule has 0 aromatic heterocycles. The average molecular weight is 243 g/mol. The lowest BCUT2D eigenvalue weighted by Gasteiger charge is -2.04. The first-order valence-corrected chi connectivity index (χ1v) is 4.72. The molecule has 0 saturated carbocycles. The summed E-state index contributed by atoms with van der Waals surface area (Å²) in [6.45, 7) is 2.05. The maximum atomic E-state index is 11.5. The molecule has 0 aliphatic carbocycles. The normalized spacial score (nSPS) is 10.1. The van der Waals surface area contributed by atoms with Crippen molar-refractivity contribution >= 4 is 21.7 Å². The van der Waals surface area contributed by atoms with E-state index in [2.05, 4.69) is 15.9 Å². The number of ketones is 1. The van der Waals surface area contributed by atoms with Gasteiger partial charge in [0, 0.05) is 17.1 Å². The summed E-state index contributed by atoms with van der Waals surface area (Å²) in [7, 11) is 1.52. The number of hydrogen-bond donors (Lipinski definition) is 0. The van der Waals surface area contributed by atoms with Gasteiger partial charge in [-0.25, -0.2) is 0 Å². The van der Waals surface area contributed by atoms with Crippen molar-refractivity contribution in [2.45, 2.75) is 6.92 Å². The Morgan fingerprint density at radius 2 is 2.23 bits per heavy atom. The van der Waals surface area contributed by atoms with Crippen molar-refractivity contribution in [2.75, 3.05) is 13.7 Å². The van der Waals surface area contributed by atoms with Crippen LogP contribution in [-0.2, 0) is 4.74 Å². The number of ether oxygens (including phenoxy) is 1. The molecule has 70 valence electrons. The molecule has 0 spiro atoms. The van der Waals surface area contributed by atoms with Gasteiger partial charge in [0.1, 0.15) is 6.61 Å². The highest BCUT2D eigenvalue weighted by Crippen LogP contribution is 2.16. The zero-order chi connectivity index (χ0) is 9.84. The molecule has 0 N–H and O–H groups in total. The molecule has 0 radical (unpaired) electrons. The lowest BCUT2D eigenvalue weighted by atomic mass is 10.1. The van der Waals surface area contributed by atoms with Gasteiger partial charge in [0.2, 0.25) is 0 Å². The van der Waals surface area contributed by atoms with Gasteiger partial charge in [-0.1, -0.05) is 22.0 Å². The van der Waals surface area contributed by atoms with Crippen LogP contribution in [0.3, 0.4) is 0 Å². The third kappa shape index (κ3) is 2.64. The Hall–Kier alpha value is -0.670. The summed E-state index contributed by atoms with van der Waals surface area (Å²) >= 11 is 3.32. The maximum Gasteiger partial charge on any atom is 0.188 e. The van der Waals surface area contributed by atoms with Crippen LogP contribution in [0.2, 0.25) is 0 Å². The number of hydrogen-bond acceptors (Lipinski definition) is 2. The summed E-state index contributed by atoms with van der Waals surface area (Å²) in [5, 5.41) is 0. The molecular weight excluding hydrogens is 232 g/mol. The first-order chi connectivity index (χ1) is 6.15. The number of aryl methyl sites for hydroxylation is 1. The Morgan fingerprint density at radius 1 is 1.54 bits per heavy atom. The average Bonchev–Trinajstić information content (AvgIpc) is 2.09. The standard InChI is InChI=1S/C10H11BrO2/c1-7-3-4-8(11)5-9(7)10(12)6-13-2/h3-5H,6H2,1-2H3. The van der Waals surface area contributed by atoms with Crippen LogP contribution in [0.4, 0.5) is 0 Å². The minimum absolute atomic E-state index is 0.0151. The molecule has 2 nitrogen and oxygen atoms in total. The number of carbonyl (C=O) groups excluding carboxylic acids is 1. The molecule has 3 heteroatoms. The second-order valence-electron chi connectivity index (χ2n) is 2.82. The van der Waals surface area contributed by atoms with E-state index >= 15 is 0 Å². The zero-order valence-electron chi connectivity index (χ0n) is 7.63. The van der Waals surface area contributed by atoms with Crippen LogP contribution in [0.5, 0.6) is 0 Å². The van der Waals surface area contributed by atoms with Crippen molar-refractivity contribution in [3.63, 3.8) is 0 Å². The van der Waals surface area contributed by atoms with Gasteiger partial charge in [-0.05, 0) is 24.6 Å². The first-order valence-electron chi connectivity index (χ1n) is 3.93. The predicted octanol–water partition coefficient (Wildman–Crippen LogP) is 2.59. The number of Topliss-reactive ketones (excluding diaryl/α,β-unsaturated/α-hetero) is 1. The van der Waals surface area contributed by atoms with Crippen molar-refractivity contribution in [1.29, 1.82) is 0 Å². The topological polar surface area (TPSA) is 26.3 Å². The lowest BCUT2D eigenvalue weighted by molar-refractivity contribution is 0.0847. The highest BCUT2D eigenvalue weighted by Gasteiger charge is 2.08. The van der Waals surface area contributed by atoms with Gasteiger partial charge in [-0.15, -0.1) is 0 Å². The van der Waals surface area contributed by atoms with E-state index in [0.29, 0.717) is 0 Å². The molecule has 0 amide bonds. The van der Waals surface area contributed by atoms with Gasteiger partial charge < -0.3 is 4.74 Å². The van der Waals surface area contributed by atoms with Crippen LogP contribution in [0.1, 0.15) is 15.9 Å². The van der Waals surface area contributed by atoms with Gasteiger partial charge in [-0.3, -0.25) is 4.79 Å². The smallest absolute Gasteiger partial charge is 0.188 e. The van der Waals surface area contributed by atoms with Gasteiger partial charge in [0.25, 0.3) is 0 Å². The molecule has 1 aromatic carbocycles. The second kappa shape index (κ2) is 4.53. The molecule has 0 aliphatic heterocycles. The first kappa shape index (κ1) is 10.4. The maximum absolute atomic E-state index is 11.5. The van der Waals surface area contributed by atoms with Gasteiger partial charge >= 0.3 is 0 Å². The third-order valence-electron chi connectivity index (χ3n) is 1.78. The Kier molecular flexibility index (Phi) is 3.63. The highest BCUT2D eigenvalue weighted by atomic mass is 79.9. The van der Waals surface area contributed by atoms with Crippen molar-refractivity contribution in [3.05, 3.63) is 33.8 Å². The zero-order valence-corrected chi connectivity index (χ0v) is 9.22. The Morgan fingerprint density at radius 3 is 2.85 bits per heavy atom. The number of rotatable bonds is 3. The number of benzene rings is 1. The number of carbonyl (C=O) groups is 1. The molecule has 1 rings (SSSR count). The van der Waals surface area contributed by atoms with E-state index < -0.39 is 0 Å². The molecule has 1 aromatic rings. The number of halogens is 1. The van der Waals surface area contributed by atoms with Crippen LogP contribution in [0, 0.1) is 6.92 Å². The molecule has 13 heavy (non-hydrogen) atoms. The number of methoxy groups -OCH3 is 1.